The van der Waals surface area contributed by atoms with Crippen molar-refractivity contribution < 1.29 is 151 Å². The monoisotopic (exact) mass is 1430 g/mol. The topological polar surface area (TPSA) is 402 Å². The number of aliphatic hydroxyl groups excluding tert-OH is 2. The number of rotatable bonds is 18. The smallest absolute Gasteiger partial charge is 0.550 e. The zero-order valence-electron chi connectivity index (χ0n) is 60.7. The fourth-order valence-electron chi connectivity index (χ4n) is 13.7. The van der Waals surface area contributed by atoms with Crippen LogP contribution in [-0.4, -0.2) is 184 Å². The van der Waals surface area contributed by atoms with Crippen molar-refractivity contribution in [3.63, 3.8) is 0 Å². The van der Waals surface area contributed by atoms with Gasteiger partial charge in [0.15, 0.2) is 5.78 Å². The van der Waals surface area contributed by atoms with Crippen LogP contribution in [0.15, 0.2) is 82.9 Å². The number of esters is 1. The maximum Gasteiger partial charge on any atom is 1.00 e. The van der Waals surface area contributed by atoms with E-state index < -0.39 is 108 Å². The van der Waals surface area contributed by atoms with E-state index in [-0.39, 0.29) is 157 Å². The number of amides is 2. The van der Waals surface area contributed by atoms with Crippen molar-refractivity contribution in [1.29, 1.82) is 0 Å². The molecule has 7 rings (SSSR count). The number of methoxy groups -OCH3 is 3. The van der Waals surface area contributed by atoms with Crippen LogP contribution in [0, 0.1) is 35.5 Å². The first-order valence-corrected chi connectivity index (χ1v) is 34.4. The first-order valence-electron chi connectivity index (χ1n) is 34.4. The number of H-pyrrole nitrogens is 2. The number of ether oxygens (including phenoxy) is 6. The molecular formula is C73H102N6Na2O20. The Labute approximate surface area is 635 Å². The van der Waals surface area contributed by atoms with Gasteiger partial charge in [0.05, 0.1) is 55.0 Å². The molecule has 546 valence electrons. The number of allylic oxidation sites excluding steroid dienone is 6. The first kappa shape index (κ1) is 87.8. The molecule has 0 spiro atoms. The standard InChI is InChI=1S/C53H83NO14.C20H21N5O6.2Na/c1-32-16-12-11-13-17-33(2)44(63-8)30-40-21-19-38(7)53(62,68-40)50(59)51(60)54-23-15-14-18-41(54)52(61)67-45(35(4)28-39-20-22-43(66-25-24-55)46(29-39)64-9)31-42(56)34(3)27-37(6)48(58)49(65-10)47(57)36(5)26-32;21-20-24-16-15(18(29)25-20)12(9-22-16)6-3-10-1-4-11(5-2-10)17(28)23-13(19(30)31)7-8-14(26)27;;/h11-13,16-17,27,32,34-36,38-41,43-46,48-49,55,58,62H,14-15,18-26,28-31H2,1-10H3;1-2,4-5,9,13H,3,6-8H2,(H,23,28)(H,26,27)(H,30,31)(H4,21,22,24,25,29);;/q;;2*+1/p-2/b13-11+,16-12-,33-17+,37-27+;;;/t32-,34-,35-,36-,38-,39+,40+,41+,43-,44+,45+,46-,48-,49+,53-;13-;;/m10../s1. The van der Waals surface area contributed by atoms with Gasteiger partial charge in [0.25, 0.3) is 23.2 Å². The van der Waals surface area contributed by atoms with E-state index in [1.54, 1.807) is 59.4 Å². The van der Waals surface area contributed by atoms with Crippen molar-refractivity contribution in [2.24, 2.45) is 35.5 Å². The van der Waals surface area contributed by atoms with Crippen LogP contribution in [-0.2, 0) is 74.8 Å². The molecule has 2 amide bonds. The summed E-state index contributed by atoms with van der Waals surface area (Å²) in [5.41, 5.74) is 8.75. The molecule has 1 aliphatic carbocycles. The van der Waals surface area contributed by atoms with E-state index in [2.05, 4.69) is 20.3 Å². The van der Waals surface area contributed by atoms with Crippen molar-refractivity contribution in [2.75, 3.05) is 46.8 Å². The van der Waals surface area contributed by atoms with Crippen molar-refractivity contribution >= 4 is 64.1 Å². The molecule has 2 saturated heterocycles. The molecular weight excluding hydrogens is 1330 g/mol. The maximum atomic E-state index is 14.5. The number of Topliss-reactive ketones (excluding diaryl/α,β-unsaturated/α-hetero) is 3. The van der Waals surface area contributed by atoms with Gasteiger partial charge in [-0.1, -0.05) is 83.2 Å². The van der Waals surface area contributed by atoms with Crippen molar-refractivity contribution in [1.82, 2.24) is 25.2 Å². The summed E-state index contributed by atoms with van der Waals surface area (Å²) >= 11 is 0. The van der Waals surface area contributed by atoms with Gasteiger partial charge >= 0.3 is 65.1 Å². The average Bonchev–Trinajstić information content (AvgIpc) is 1.17. The van der Waals surface area contributed by atoms with E-state index >= 15 is 0 Å². The van der Waals surface area contributed by atoms with E-state index in [1.807, 2.05) is 58.1 Å². The Morgan fingerprint density at radius 3 is 2.24 bits per heavy atom. The van der Waals surface area contributed by atoms with E-state index in [1.165, 1.54) is 24.1 Å². The van der Waals surface area contributed by atoms with Crippen LogP contribution in [0.5, 0.6) is 0 Å². The number of hydrogen-bond donors (Lipinski definition) is 7. The number of nitrogen functional groups attached to an aromatic ring is 1. The molecule has 1 saturated carbocycles. The summed E-state index contributed by atoms with van der Waals surface area (Å²) in [5.74, 6) is -11.6. The van der Waals surface area contributed by atoms with Gasteiger partial charge < -0.3 is 84.5 Å². The molecule has 3 aromatic rings. The zero-order chi connectivity index (χ0) is 72.8. The SMILES string of the molecule is CO[C@H]1C[C@@H]2CC[C@@H](C)[C@@](O)(O2)C(=O)C(=O)N2CCCC[C@H]2C(=O)O[C@H]([C@H](C)C[C@@H]2CC[C@@H](OCCO)[C@H](OC)C2)CC(=O)[C@H](C)/C=C(\C)[C@@H](O)[C@@H](OC)C(=O)[C@H](C)C[C@H](C)\C=C/C=C/C=C/1C.Nc1nc2[nH]cc(CCc3ccc(C(=O)N[C@@H](CCC(=O)[O-])C(=O)[O-])cc3)c2c(=O)[nH]1.[Na+].[Na+]. The number of aliphatic hydroxyl groups is 3. The molecule has 8 N–H and O–H groups in total. The van der Waals surface area contributed by atoms with Gasteiger partial charge in [0, 0.05) is 76.2 Å². The van der Waals surface area contributed by atoms with E-state index in [0.29, 0.717) is 87.2 Å². The molecule has 5 heterocycles. The Balaban J connectivity index is 0.000000546. The largest absolute Gasteiger partial charge is 1.00 e. The first-order chi connectivity index (χ1) is 47.0. The van der Waals surface area contributed by atoms with Crippen LogP contribution in [0.2, 0.25) is 0 Å². The van der Waals surface area contributed by atoms with Gasteiger partial charge in [-0.25, -0.2) is 4.79 Å². The summed E-state index contributed by atoms with van der Waals surface area (Å²) < 4.78 is 35.6. The second-order valence-electron chi connectivity index (χ2n) is 27.1. The second kappa shape index (κ2) is 42.4. The Hall–Kier alpha value is -5.56. The maximum absolute atomic E-state index is 14.5. The Kier molecular flexibility index (Phi) is 36.9. The van der Waals surface area contributed by atoms with Gasteiger partial charge in [-0.3, -0.25) is 33.8 Å². The molecule has 4 aliphatic rings. The third-order valence-electron chi connectivity index (χ3n) is 19.6. The number of anilines is 1. The summed E-state index contributed by atoms with van der Waals surface area (Å²) in [7, 11) is 4.58. The molecule has 0 unspecified atom stereocenters. The summed E-state index contributed by atoms with van der Waals surface area (Å²) in [6.45, 7) is 12.9. The van der Waals surface area contributed by atoms with E-state index in [0.717, 1.165) is 23.1 Å². The fourth-order valence-corrected chi connectivity index (χ4v) is 13.7. The predicted octanol–water partition coefficient (Wildman–Crippen LogP) is -1.80. The molecule has 3 aliphatic heterocycles. The molecule has 101 heavy (non-hydrogen) atoms. The molecule has 3 fully saturated rings. The molecule has 2 bridgehead atoms. The molecule has 16 atom stereocenters. The van der Waals surface area contributed by atoms with Crippen molar-refractivity contribution in [2.45, 2.75) is 212 Å². The fraction of sp³-hybridized carbons (Fsp3) is 0.616. The number of aromatic amines is 2. The van der Waals surface area contributed by atoms with Crippen molar-refractivity contribution in [3.05, 3.63) is 105 Å². The normalized spacial score (nSPS) is 30.0. The molecule has 28 heteroatoms. The third kappa shape index (κ3) is 25.1. The van der Waals surface area contributed by atoms with E-state index in [9.17, 15) is 68.7 Å². The van der Waals surface area contributed by atoms with Crippen LogP contribution in [0.1, 0.15) is 160 Å². The number of aromatic nitrogens is 3. The number of benzene rings is 1. The van der Waals surface area contributed by atoms with Gasteiger partial charge in [-0.05, 0) is 156 Å². The molecule has 1 aromatic carbocycles. The Morgan fingerprint density at radius 1 is 0.871 bits per heavy atom. The second-order valence-corrected chi connectivity index (χ2v) is 27.1. The molecule has 26 nitrogen and oxygen atoms in total. The predicted molar refractivity (Wildman–Crippen MR) is 361 cm³/mol. The summed E-state index contributed by atoms with van der Waals surface area (Å²) in [5, 5.41) is 57.1. The number of carbonyl (C=O) groups is 8. The number of ketones is 3. The average molecular weight is 1430 g/mol. The number of hydrogen-bond acceptors (Lipinski definition) is 22. The number of nitrogens with zero attached hydrogens (tertiary/aromatic N) is 2. The summed E-state index contributed by atoms with van der Waals surface area (Å²) in [6, 6.07) is 3.89. The van der Waals surface area contributed by atoms with Crippen LogP contribution < -0.4 is 85.9 Å². The Bertz CT molecular complexity index is 3450. The molecule has 0 radical (unpaired) electrons. The van der Waals surface area contributed by atoms with Gasteiger partial charge in [0.2, 0.25) is 11.7 Å². The van der Waals surface area contributed by atoms with Crippen molar-refractivity contribution in [3.8, 4) is 0 Å². The Morgan fingerprint density at radius 2 is 1.58 bits per heavy atom. The number of aryl methyl sites for hydroxylation is 2. The summed E-state index contributed by atoms with van der Waals surface area (Å²) in [4.78, 5) is 127. The van der Waals surface area contributed by atoms with Crippen LogP contribution in [0.3, 0.4) is 0 Å². The minimum absolute atomic E-state index is 0. The number of nitrogens with one attached hydrogen (secondary N) is 3. The van der Waals surface area contributed by atoms with Crippen LogP contribution >= 0.6 is 0 Å². The number of aliphatic carboxylic acids is 2. The number of carbonyl (C=O) groups excluding carboxylic acids is 8. The number of piperidine rings is 1. The van der Waals surface area contributed by atoms with E-state index in [4.69, 9.17) is 34.2 Å². The quantitative estimate of drug-likeness (QED) is 0.0320. The number of carboxylic acids is 2. The number of carboxylic acid groups (broad SMARTS) is 2. The van der Waals surface area contributed by atoms with Gasteiger partial charge in [-0.15, -0.1) is 0 Å². The zero-order valence-corrected chi connectivity index (χ0v) is 64.7. The van der Waals surface area contributed by atoms with Gasteiger partial charge in [-0.2, -0.15) is 4.98 Å². The minimum Gasteiger partial charge on any atom is -0.550 e. The number of nitrogens with two attached hydrogens (primary N) is 1. The van der Waals surface area contributed by atoms with Gasteiger partial charge in [0.1, 0.15) is 35.8 Å². The third-order valence-corrected chi connectivity index (χ3v) is 19.6. The van der Waals surface area contributed by atoms with Crippen LogP contribution in [0.25, 0.3) is 11.0 Å². The molecule has 2 aromatic heterocycles. The number of fused-ring (bicyclic) bond motifs is 4. The van der Waals surface area contributed by atoms with Crippen LogP contribution in [0.4, 0.5) is 5.95 Å². The minimum atomic E-state index is -2.43. The number of cyclic esters (lactones) is 1. The summed E-state index contributed by atoms with van der Waals surface area (Å²) in [6.07, 6.45) is 13.9.